The van der Waals surface area contributed by atoms with E-state index in [1.807, 2.05) is 0 Å². The number of benzene rings is 1. The highest BCUT2D eigenvalue weighted by atomic mass is 16.6. The van der Waals surface area contributed by atoms with Crippen molar-refractivity contribution in [1.29, 1.82) is 0 Å². The van der Waals surface area contributed by atoms with Gasteiger partial charge >= 0.3 is 17.8 Å². The van der Waals surface area contributed by atoms with Crippen molar-refractivity contribution in [3.63, 3.8) is 0 Å². The number of aromatic nitrogens is 3. The van der Waals surface area contributed by atoms with Gasteiger partial charge in [-0.25, -0.2) is 4.79 Å². The summed E-state index contributed by atoms with van der Waals surface area (Å²) in [6.45, 7) is 1.79. The number of nitrogens with zero attached hydrogens (tertiary/aromatic N) is 2. The largest absolute Gasteiger partial charge is 0.482 e. The SMILES string of the molecule is CCOC(=O)COc1cccc(NC(=O)C(=O)NCc2cn[nH]n2)c1. The van der Waals surface area contributed by atoms with Gasteiger partial charge in [-0.3, -0.25) is 9.59 Å². The van der Waals surface area contributed by atoms with E-state index in [-0.39, 0.29) is 19.8 Å². The first-order chi connectivity index (χ1) is 12.1. The Morgan fingerprint density at radius 1 is 1.24 bits per heavy atom. The number of rotatable bonds is 7. The van der Waals surface area contributed by atoms with Crippen LogP contribution >= 0.6 is 0 Å². The molecule has 0 aliphatic heterocycles. The molecule has 10 heteroatoms. The summed E-state index contributed by atoms with van der Waals surface area (Å²) in [7, 11) is 0. The van der Waals surface area contributed by atoms with Crippen molar-refractivity contribution in [2.75, 3.05) is 18.5 Å². The summed E-state index contributed by atoms with van der Waals surface area (Å²) in [5.74, 6) is -1.80. The van der Waals surface area contributed by atoms with Gasteiger partial charge in [-0.2, -0.15) is 15.4 Å². The third-order valence-corrected chi connectivity index (χ3v) is 2.86. The fourth-order valence-corrected chi connectivity index (χ4v) is 1.76. The van der Waals surface area contributed by atoms with E-state index in [1.54, 1.807) is 25.1 Å². The van der Waals surface area contributed by atoms with E-state index in [9.17, 15) is 14.4 Å². The van der Waals surface area contributed by atoms with Crippen LogP contribution in [0.4, 0.5) is 5.69 Å². The normalized spacial score (nSPS) is 9.96. The molecule has 2 amide bonds. The maximum absolute atomic E-state index is 11.9. The van der Waals surface area contributed by atoms with Gasteiger partial charge in [-0.05, 0) is 19.1 Å². The van der Waals surface area contributed by atoms with E-state index >= 15 is 0 Å². The van der Waals surface area contributed by atoms with Gasteiger partial charge in [0.1, 0.15) is 11.4 Å². The number of aromatic amines is 1. The second-order valence-electron chi connectivity index (χ2n) is 4.72. The van der Waals surface area contributed by atoms with Gasteiger partial charge in [0.25, 0.3) is 0 Å². The minimum absolute atomic E-state index is 0.0748. The van der Waals surface area contributed by atoms with Crippen molar-refractivity contribution in [1.82, 2.24) is 20.7 Å². The predicted molar refractivity (Wildman–Crippen MR) is 85.4 cm³/mol. The number of hydrogen-bond donors (Lipinski definition) is 3. The summed E-state index contributed by atoms with van der Waals surface area (Å²) in [6.07, 6.45) is 1.43. The first kappa shape index (κ1) is 17.9. The van der Waals surface area contributed by atoms with Crippen molar-refractivity contribution < 1.29 is 23.9 Å². The molecule has 0 atom stereocenters. The maximum Gasteiger partial charge on any atom is 0.344 e. The average molecular weight is 347 g/mol. The van der Waals surface area contributed by atoms with Crippen molar-refractivity contribution in [2.24, 2.45) is 0 Å². The molecular formula is C15H17N5O5. The molecular weight excluding hydrogens is 330 g/mol. The van der Waals surface area contributed by atoms with E-state index in [0.717, 1.165) is 0 Å². The molecule has 0 unspecified atom stereocenters. The summed E-state index contributed by atoms with van der Waals surface area (Å²) in [5.41, 5.74) is 0.846. The first-order valence-corrected chi connectivity index (χ1v) is 7.40. The zero-order chi connectivity index (χ0) is 18.1. The lowest BCUT2D eigenvalue weighted by Crippen LogP contribution is -2.35. The molecule has 0 aliphatic rings. The Bertz CT molecular complexity index is 732. The Hall–Kier alpha value is -3.43. The summed E-state index contributed by atoms with van der Waals surface area (Å²) >= 11 is 0. The Balaban J connectivity index is 1.84. The average Bonchev–Trinajstić information content (AvgIpc) is 3.12. The van der Waals surface area contributed by atoms with E-state index in [2.05, 4.69) is 26.0 Å². The maximum atomic E-state index is 11.9. The topological polar surface area (TPSA) is 135 Å². The summed E-state index contributed by atoms with van der Waals surface area (Å²) < 4.78 is 10.0. The summed E-state index contributed by atoms with van der Waals surface area (Å²) in [4.78, 5) is 34.8. The molecule has 1 aromatic heterocycles. The van der Waals surface area contributed by atoms with E-state index in [0.29, 0.717) is 17.1 Å². The van der Waals surface area contributed by atoms with Crippen LogP contribution in [0.5, 0.6) is 5.75 Å². The zero-order valence-electron chi connectivity index (χ0n) is 13.4. The summed E-state index contributed by atoms with van der Waals surface area (Å²) in [5, 5.41) is 14.6. The standard InChI is InChI=1S/C15H17N5O5/c1-2-24-13(21)9-25-12-5-3-4-10(6-12)18-15(23)14(22)16-7-11-8-17-20-19-11/h3-6,8H,2,7,9H2,1H3,(H,16,22)(H,18,23)(H,17,19,20). The van der Waals surface area contributed by atoms with Crippen molar-refractivity contribution >= 4 is 23.5 Å². The first-order valence-electron chi connectivity index (χ1n) is 7.40. The number of amides is 2. The molecule has 2 rings (SSSR count). The van der Waals surface area contributed by atoms with Gasteiger partial charge in [0, 0.05) is 11.8 Å². The highest BCUT2D eigenvalue weighted by molar-refractivity contribution is 6.39. The lowest BCUT2D eigenvalue weighted by Gasteiger charge is -2.09. The van der Waals surface area contributed by atoms with Gasteiger partial charge in [-0.1, -0.05) is 6.07 Å². The molecule has 2 aromatic rings. The van der Waals surface area contributed by atoms with Crippen molar-refractivity contribution in [2.45, 2.75) is 13.5 Å². The van der Waals surface area contributed by atoms with Crippen molar-refractivity contribution in [3.8, 4) is 5.75 Å². The third-order valence-electron chi connectivity index (χ3n) is 2.86. The Labute approximate surface area is 142 Å². The molecule has 0 saturated carbocycles. The number of H-pyrrole nitrogens is 1. The summed E-state index contributed by atoms with van der Waals surface area (Å²) in [6, 6.07) is 6.30. The number of nitrogens with one attached hydrogen (secondary N) is 3. The lowest BCUT2D eigenvalue weighted by atomic mass is 10.3. The van der Waals surface area contributed by atoms with Gasteiger partial charge in [-0.15, -0.1) is 0 Å². The minimum atomic E-state index is -0.842. The second-order valence-corrected chi connectivity index (χ2v) is 4.72. The van der Waals surface area contributed by atoms with Crippen LogP contribution in [0.25, 0.3) is 0 Å². The fourth-order valence-electron chi connectivity index (χ4n) is 1.76. The van der Waals surface area contributed by atoms with Crippen LogP contribution in [0.1, 0.15) is 12.6 Å². The van der Waals surface area contributed by atoms with Gasteiger partial charge in [0.05, 0.1) is 19.3 Å². The molecule has 3 N–H and O–H groups in total. The molecule has 0 bridgehead atoms. The number of ether oxygens (including phenoxy) is 2. The molecule has 0 radical (unpaired) electrons. The zero-order valence-corrected chi connectivity index (χ0v) is 13.4. The molecule has 0 fully saturated rings. The number of hydrogen-bond acceptors (Lipinski definition) is 7. The number of esters is 1. The highest BCUT2D eigenvalue weighted by Crippen LogP contribution is 2.17. The van der Waals surface area contributed by atoms with Crippen LogP contribution in [0.2, 0.25) is 0 Å². The Kier molecular flexibility index (Phi) is 6.46. The molecule has 0 spiro atoms. The number of anilines is 1. The molecule has 1 aromatic carbocycles. The van der Waals surface area contributed by atoms with Gasteiger partial charge in [0.15, 0.2) is 6.61 Å². The quantitative estimate of drug-likeness (QED) is 0.474. The monoisotopic (exact) mass is 347 g/mol. The highest BCUT2D eigenvalue weighted by Gasteiger charge is 2.14. The molecule has 0 saturated heterocycles. The van der Waals surface area contributed by atoms with Crippen LogP contribution in [0.3, 0.4) is 0 Å². The molecule has 10 nitrogen and oxygen atoms in total. The molecule has 0 aliphatic carbocycles. The minimum Gasteiger partial charge on any atom is -0.482 e. The molecule has 1 heterocycles. The van der Waals surface area contributed by atoms with E-state index in [1.165, 1.54) is 12.3 Å². The van der Waals surface area contributed by atoms with E-state index < -0.39 is 17.8 Å². The van der Waals surface area contributed by atoms with Crippen molar-refractivity contribution in [3.05, 3.63) is 36.2 Å². The lowest BCUT2D eigenvalue weighted by molar-refractivity contribution is -0.145. The van der Waals surface area contributed by atoms with Crippen LogP contribution in [-0.2, 0) is 25.7 Å². The van der Waals surface area contributed by atoms with Crippen LogP contribution in [-0.4, -0.2) is 46.4 Å². The number of carbonyl (C=O) groups excluding carboxylic acids is 3. The van der Waals surface area contributed by atoms with Gasteiger partial charge < -0.3 is 20.1 Å². The predicted octanol–water partition coefficient (Wildman–Crippen LogP) is 0.00150. The van der Waals surface area contributed by atoms with Crippen LogP contribution in [0.15, 0.2) is 30.5 Å². The second kappa shape index (κ2) is 9.01. The van der Waals surface area contributed by atoms with E-state index in [4.69, 9.17) is 9.47 Å². The number of carbonyl (C=O) groups is 3. The van der Waals surface area contributed by atoms with Gasteiger partial charge in [0.2, 0.25) is 0 Å². The van der Waals surface area contributed by atoms with Crippen LogP contribution in [0, 0.1) is 0 Å². The fraction of sp³-hybridized carbons (Fsp3) is 0.267. The third kappa shape index (κ3) is 5.94. The van der Waals surface area contributed by atoms with Crippen LogP contribution < -0.4 is 15.4 Å². The Morgan fingerprint density at radius 2 is 2.08 bits per heavy atom. The molecule has 25 heavy (non-hydrogen) atoms. The smallest absolute Gasteiger partial charge is 0.344 e. The molecule has 132 valence electrons. The Morgan fingerprint density at radius 3 is 2.80 bits per heavy atom.